The van der Waals surface area contributed by atoms with Gasteiger partial charge >= 0.3 is 0 Å². The first-order chi connectivity index (χ1) is 6.81. The molecule has 0 aromatic rings. The van der Waals surface area contributed by atoms with E-state index in [-0.39, 0.29) is 6.04 Å². The highest BCUT2D eigenvalue weighted by atomic mass is 15.0. The molecule has 0 aromatic heterocycles. The lowest BCUT2D eigenvalue weighted by molar-refractivity contribution is 0.353. The number of hydrogen-bond donors (Lipinski definition) is 1. The van der Waals surface area contributed by atoms with E-state index >= 15 is 0 Å². The summed E-state index contributed by atoms with van der Waals surface area (Å²) in [7, 11) is 0. The molecule has 1 saturated carbocycles. The van der Waals surface area contributed by atoms with E-state index < -0.39 is 0 Å². The van der Waals surface area contributed by atoms with Crippen molar-refractivity contribution in [3.8, 4) is 6.07 Å². The standard InChI is InChI=1S/C12H22N2/c1-3-10(4-2)12(9-13)14-11-7-5-6-8-11/h10-12,14H,3-8H2,1-2H3. The van der Waals surface area contributed by atoms with E-state index in [9.17, 15) is 0 Å². The van der Waals surface area contributed by atoms with Crippen LogP contribution in [-0.4, -0.2) is 12.1 Å². The zero-order valence-electron chi connectivity index (χ0n) is 9.42. The maximum Gasteiger partial charge on any atom is 0.0983 e. The van der Waals surface area contributed by atoms with E-state index in [0.29, 0.717) is 12.0 Å². The molecule has 80 valence electrons. The van der Waals surface area contributed by atoms with Gasteiger partial charge in [-0.1, -0.05) is 39.5 Å². The summed E-state index contributed by atoms with van der Waals surface area (Å²) in [5.74, 6) is 0.528. The molecule has 1 rings (SSSR count). The summed E-state index contributed by atoms with van der Waals surface area (Å²) in [4.78, 5) is 0. The first-order valence-electron chi connectivity index (χ1n) is 5.97. The molecule has 1 unspecified atom stereocenters. The van der Waals surface area contributed by atoms with Gasteiger partial charge in [0.2, 0.25) is 0 Å². The summed E-state index contributed by atoms with van der Waals surface area (Å²) in [5.41, 5.74) is 0. The molecule has 0 spiro atoms. The van der Waals surface area contributed by atoms with Crippen LogP contribution in [0.25, 0.3) is 0 Å². The monoisotopic (exact) mass is 194 g/mol. The van der Waals surface area contributed by atoms with Crippen molar-refractivity contribution in [2.45, 2.75) is 64.5 Å². The Morgan fingerprint density at radius 2 is 1.86 bits per heavy atom. The highest BCUT2D eigenvalue weighted by Gasteiger charge is 2.23. The van der Waals surface area contributed by atoms with Crippen LogP contribution in [-0.2, 0) is 0 Å². The summed E-state index contributed by atoms with van der Waals surface area (Å²) >= 11 is 0. The summed E-state index contributed by atoms with van der Waals surface area (Å²) in [6.07, 6.45) is 7.40. The van der Waals surface area contributed by atoms with Gasteiger partial charge in [-0.05, 0) is 18.8 Å². The predicted octanol–water partition coefficient (Wildman–Crippen LogP) is 2.85. The fourth-order valence-corrected chi connectivity index (χ4v) is 2.39. The third kappa shape index (κ3) is 2.99. The Balaban J connectivity index is 2.41. The molecule has 0 saturated heterocycles. The molecule has 0 bridgehead atoms. The molecule has 14 heavy (non-hydrogen) atoms. The number of rotatable bonds is 5. The molecule has 1 aliphatic rings. The summed E-state index contributed by atoms with van der Waals surface area (Å²) < 4.78 is 0. The van der Waals surface area contributed by atoms with Crippen LogP contribution in [0.3, 0.4) is 0 Å². The van der Waals surface area contributed by atoms with Crippen molar-refractivity contribution < 1.29 is 0 Å². The summed E-state index contributed by atoms with van der Waals surface area (Å²) in [6, 6.07) is 3.11. The Hall–Kier alpha value is -0.550. The van der Waals surface area contributed by atoms with E-state index in [1.807, 2.05) is 0 Å². The number of nitrogens with zero attached hydrogens (tertiary/aromatic N) is 1. The van der Waals surface area contributed by atoms with Crippen molar-refractivity contribution >= 4 is 0 Å². The molecule has 0 heterocycles. The van der Waals surface area contributed by atoms with E-state index in [1.165, 1.54) is 25.7 Å². The van der Waals surface area contributed by atoms with E-state index in [0.717, 1.165) is 12.8 Å². The van der Waals surface area contributed by atoms with Gasteiger partial charge in [0.1, 0.15) is 0 Å². The zero-order valence-corrected chi connectivity index (χ0v) is 9.42. The minimum absolute atomic E-state index is 0.0769. The van der Waals surface area contributed by atoms with Crippen LogP contribution in [0, 0.1) is 17.2 Å². The highest BCUT2D eigenvalue weighted by Crippen LogP contribution is 2.21. The van der Waals surface area contributed by atoms with Crippen LogP contribution in [0.15, 0.2) is 0 Å². The summed E-state index contributed by atoms with van der Waals surface area (Å²) in [6.45, 7) is 4.35. The SMILES string of the molecule is CCC(CC)C(C#N)NC1CCCC1. The van der Waals surface area contributed by atoms with Crippen LogP contribution in [0.5, 0.6) is 0 Å². The molecule has 0 amide bonds. The first kappa shape index (κ1) is 11.5. The Bertz CT molecular complexity index is 185. The Labute approximate surface area is 87.7 Å². The molecular formula is C12H22N2. The molecule has 1 aliphatic carbocycles. The normalized spacial score (nSPS) is 19.9. The molecular weight excluding hydrogens is 172 g/mol. The van der Waals surface area contributed by atoms with Crippen LogP contribution in [0.1, 0.15) is 52.4 Å². The Kier molecular flexibility index (Phi) is 4.97. The van der Waals surface area contributed by atoms with Gasteiger partial charge in [0.25, 0.3) is 0 Å². The minimum Gasteiger partial charge on any atom is -0.299 e. The maximum absolute atomic E-state index is 9.11. The lowest BCUT2D eigenvalue weighted by atomic mass is 9.94. The number of nitrogens with one attached hydrogen (secondary N) is 1. The van der Waals surface area contributed by atoms with Crippen LogP contribution in [0.2, 0.25) is 0 Å². The van der Waals surface area contributed by atoms with Crippen molar-refractivity contribution in [1.82, 2.24) is 5.32 Å². The van der Waals surface area contributed by atoms with Gasteiger partial charge in [-0.25, -0.2) is 0 Å². The van der Waals surface area contributed by atoms with E-state index in [4.69, 9.17) is 5.26 Å². The van der Waals surface area contributed by atoms with Gasteiger partial charge in [-0.2, -0.15) is 5.26 Å². The second-order valence-corrected chi connectivity index (χ2v) is 4.33. The van der Waals surface area contributed by atoms with Gasteiger partial charge in [-0.3, -0.25) is 5.32 Å². The maximum atomic E-state index is 9.11. The third-order valence-electron chi connectivity index (χ3n) is 3.43. The second-order valence-electron chi connectivity index (χ2n) is 4.33. The van der Waals surface area contributed by atoms with Gasteiger partial charge in [0, 0.05) is 6.04 Å². The smallest absolute Gasteiger partial charge is 0.0983 e. The molecule has 2 nitrogen and oxygen atoms in total. The lowest BCUT2D eigenvalue weighted by Crippen LogP contribution is -2.40. The van der Waals surface area contributed by atoms with Crippen molar-refractivity contribution in [3.05, 3.63) is 0 Å². The average Bonchev–Trinajstić information content (AvgIpc) is 2.70. The predicted molar refractivity (Wildman–Crippen MR) is 58.9 cm³/mol. The topological polar surface area (TPSA) is 35.8 Å². The Morgan fingerprint density at radius 1 is 1.29 bits per heavy atom. The van der Waals surface area contributed by atoms with Crippen molar-refractivity contribution in [3.63, 3.8) is 0 Å². The van der Waals surface area contributed by atoms with Gasteiger partial charge in [0.05, 0.1) is 12.1 Å². The minimum atomic E-state index is 0.0769. The quantitative estimate of drug-likeness (QED) is 0.730. The van der Waals surface area contributed by atoms with Crippen LogP contribution >= 0.6 is 0 Å². The molecule has 1 fully saturated rings. The van der Waals surface area contributed by atoms with E-state index in [2.05, 4.69) is 25.2 Å². The molecule has 1 atom stereocenters. The molecule has 0 radical (unpaired) electrons. The van der Waals surface area contributed by atoms with E-state index in [1.54, 1.807) is 0 Å². The second kappa shape index (κ2) is 6.03. The largest absolute Gasteiger partial charge is 0.299 e. The number of nitriles is 1. The zero-order chi connectivity index (χ0) is 10.4. The fraction of sp³-hybridized carbons (Fsp3) is 0.917. The van der Waals surface area contributed by atoms with Gasteiger partial charge in [0.15, 0.2) is 0 Å². The lowest BCUT2D eigenvalue weighted by Gasteiger charge is -2.23. The van der Waals surface area contributed by atoms with Crippen LogP contribution < -0.4 is 5.32 Å². The van der Waals surface area contributed by atoms with Crippen molar-refractivity contribution in [1.29, 1.82) is 5.26 Å². The first-order valence-corrected chi connectivity index (χ1v) is 5.97. The fourth-order valence-electron chi connectivity index (χ4n) is 2.39. The van der Waals surface area contributed by atoms with Crippen molar-refractivity contribution in [2.24, 2.45) is 5.92 Å². The molecule has 1 N–H and O–H groups in total. The molecule has 0 aromatic carbocycles. The summed E-state index contributed by atoms with van der Waals surface area (Å²) in [5, 5.41) is 12.6. The molecule has 2 heteroatoms. The van der Waals surface area contributed by atoms with Crippen molar-refractivity contribution in [2.75, 3.05) is 0 Å². The average molecular weight is 194 g/mol. The van der Waals surface area contributed by atoms with Crippen LogP contribution in [0.4, 0.5) is 0 Å². The highest BCUT2D eigenvalue weighted by molar-refractivity contribution is 4.96. The Morgan fingerprint density at radius 3 is 2.29 bits per heavy atom. The molecule has 0 aliphatic heterocycles. The number of hydrogen-bond acceptors (Lipinski definition) is 2. The van der Waals surface area contributed by atoms with Gasteiger partial charge in [-0.15, -0.1) is 0 Å². The van der Waals surface area contributed by atoms with Gasteiger partial charge < -0.3 is 0 Å². The third-order valence-corrected chi connectivity index (χ3v) is 3.43.